The first-order valence-corrected chi connectivity index (χ1v) is 10.4. The number of unbranched alkanes of at least 4 members (excludes halogenated alkanes) is 1. The Balaban J connectivity index is 1.69. The number of carbonyl (C=O) groups is 1. The molecule has 7 heteroatoms. The second-order valence-electron chi connectivity index (χ2n) is 7.30. The van der Waals surface area contributed by atoms with Gasteiger partial charge in [-0.15, -0.1) is 0 Å². The number of ether oxygens (including phenoxy) is 3. The number of hydrogen-bond acceptors (Lipinski definition) is 5. The number of aliphatic hydroxyl groups is 1. The monoisotopic (exact) mass is 429 g/mol. The van der Waals surface area contributed by atoms with Crippen LogP contribution in [0.2, 0.25) is 0 Å². The highest BCUT2D eigenvalue weighted by Gasteiger charge is 2.28. The molecule has 6 nitrogen and oxygen atoms in total. The van der Waals surface area contributed by atoms with Crippen molar-refractivity contribution in [2.45, 2.75) is 38.0 Å². The third-order valence-electron chi connectivity index (χ3n) is 5.05. The summed E-state index contributed by atoms with van der Waals surface area (Å²) < 4.78 is 29.9. The Labute approximate surface area is 181 Å². The van der Waals surface area contributed by atoms with Gasteiger partial charge in [0.1, 0.15) is 11.6 Å². The zero-order valence-corrected chi connectivity index (χ0v) is 17.6. The molecule has 3 rings (SSSR count). The quantitative estimate of drug-likeness (QED) is 0.564. The van der Waals surface area contributed by atoms with E-state index in [9.17, 15) is 9.18 Å². The number of allylic oxidation sites excluding steroid dienone is 1. The molecule has 0 saturated carbocycles. The maximum atomic E-state index is 13.1. The van der Waals surface area contributed by atoms with E-state index in [1.54, 1.807) is 25.3 Å². The van der Waals surface area contributed by atoms with E-state index in [1.807, 2.05) is 24.3 Å². The number of hydrogen-bond donors (Lipinski definition) is 2. The van der Waals surface area contributed by atoms with E-state index in [0.29, 0.717) is 25.9 Å². The Kier molecular flexibility index (Phi) is 8.44. The van der Waals surface area contributed by atoms with Gasteiger partial charge in [0.25, 0.3) is 5.91 Å². The molecule has 1 aliphatic heterocycles. The predicted molar refractivity (Wildman–Crippen MR) is 114 cm³/mol. The highest BCUT2D eigenvalue weighted by Crippen LogP contribution is 2.32. The van der Waals surface area contributed by atoms with Crippen molar-refractivity contribution >= 4 is 5.91 Å². The van der Waals surface area contributed by atoms with Crippen molar-refractivity contribution in [1.82, 2.24) is 5.32 Å². The third kappa shape index (κ3) is 6.80. The van der Waals surface area contributed by atoms with Gasteiger partial charge in [-0.2, -0.15) is 0 Å². The smallest absolute Gasteiger partial charge is 0.286 e. The topological polar surface area (TPSA) is 77.0 Å². The number of nitrogens with one attached hydrogen (secondary N) is 1. The molecule has 2 N–H and O–H groups in total. The van der Waals surface area contributed by atoms with Gasteiger partial charge in [-0.1, -0.05) is 24.3 Å². The molecule has 0 fully saturated rings. The minimum atomic E-state index is -0.567. The molecule has 0 aliphatic carbocycles. The first-order chi connectivity index (χ1) is 15.1. The molecule has 0 bridgehead atoms. The summed E-state index contributed by atoms with van der Waals surface area (Å²) in [7, 11) is 1.61. The minimum absolute atomic E-state index is 0.0610. The Morgan fingerprint density at radius 2 is 1.90 bits per heavy atom. The van der Waals surface area contributed by atoms with Crippen molar-refractivity contribution < 1.29 is 28.5 Å². The van der Waals surface area contributed by atoms with Crippen LogP contribution in [0, 0.1) is 5.82 Å². The Bertz CT molecular complexity index is 867. The Hall–Kier alpha value is -2.90. The maximum Gasteiger partial charge on any atom is 0.286 e. The van der Waals surface area contributed by atoms with E-state index in [1.165, 1.54) is 12.1 Å². The number of carbonyl (C=O) groups excluding carboxylic acids is 1. The van der Waals surface area contributed by atoms with Gasteiger partial charge < -0.3 is 24.6 Å². The fourth-order valence-corrected chi connectivity index (χ4v) is 3.30. The number of halogens is 1. The normalized spacial score (nSPS) is 18.1. The van der Waals surface area contributed by atoms with Crippen molar-refractivity contribution in [2.24, 2.45) is 0 Å². The van der Waals surface area contributed by atoms with Crippen LogP contribution < -0.4 is 10.1 Å². The van der Waals surface area contributed by atoms with E-state index in [-0.39, 0.29) is 36.6 Å². The third-order valence-corrected chi connectivity index (χ3v) is 5.05. The zero-order chi connectivity index (χ0) is 22.1. The average molecular weight is 429 g/mol. The number of rotatable bonds is 10. The van der Waals surface area contributed by atoms with Crippen LogP contribution in [0.3, 0.4) is 0 Å². The fraction of sp³-hybridized carbons (Fsp3) is 0.375. The number of methoxy groups -OCH3 is 1. The van der Waals surface area contributed by atoms with Crippen LogP contribution in [0.5, 0.6) is 5.75 Å². The Morgan fingerprint density at radius 1 is 1.16 bits per heavy atom. The predicted octanol–water partition coefficient (Wildman–Crippen LogP) is 3.65. The first-order valence-electron chi connectivity index (χ1n) is 10.4. The Morgan fingerprint density at radius 3 is 2.58 bits per heavy atom. The van der Waals surface area contributed by atoms with Crippen LogP contribution in [0.1, 0.15) is 36.3 Å². The molecule has 0 aromatic heterocycles. The minimum Gasteiger partial charge on any atom is -0.497 e. The summed E-state index contributed by atoms with van der Waals surface area (Å²) in [5.41, 5.74) is 1.81. The standard InChI is InChI=1S/C24H28FNO5/c1-29-21-10-6-18(7-11-21)19-14-22(31-23(15-19)30-13-3-2-12-27)24(28)26-16-17-4-8-20(25)9-5-17/h4-11,14,19,23,27H,2-3,12-13,15-16H2,1H3,(H,26,28)/t19-,23+/m1/s1. The summed E-state index contributed by atoms with van der Waals surface area (Å²) in [5.74, 6) is 0.215. The SMILES string of the molecule is COc1ccc([C@@H]2C=C(C(=O)NCc3ccc(F)cc3)O[C@H](OCCCCO)C2)cc1. The van der Waals surface area contributed by atoms with E-state index < -0.39 is 6.29 Å². The average Bonchev–Trinajstić information content (AvgIpc) is 2.81. The summed E-state index contributed by atoms with van der Waals surface area (Å²) in [5, 5.41) is 11.8. The van der Waals surface area contributed by atoms with E-state index in [0.717, 1.165) is 16.9 Å². The molecule has 1 heterocycles. The highest BCUT2D eigenvalue weighted by atomic mass is 19.1. The van der Waals surface area contributed by atoms with Gasteiger partial charge in [0.2, 0.25) is 6.29 Å². The molecular formula is C24H28FNO5. The molecule has 2 aromatic rings. The van der Waals surface area contributed by atoms with Crippen molar-refractivity contribution in [1.29, 1.82) is 0 Å². The number of aliphatic hydroxyl groups excluding tert-OH is 1. The molecule has 1 aliphatic rings. The van der Waals surface area contributed by atoms with Gasteiger partial charge in [-0.3, -0.25) is 4.79 Å². The van der Waals surface area contributed by atoms with Crippen LogP contribution in [0.4, 0.5) is 4.39 Å². The van der Waals surface area contributed by atoms with Gasteiger partial charge >= 0.3 is 0 Å². The molecule has 2 aromatic carbocycles. The zero-order valence-electron chi connectivity index (χ0n) is 17.6. The number of benzene rings is 2. The molecule has 0 radical (unpaired) electrons. The van der Waals surface area contributed by atoms with E-state index in [4.69, 9.17) is 19.3 Å². The van der Waals surface area contributed by atoms with Gasteiger partial charge in [0.15, 0.2) is 5.76 Å². The van der Waals surface area contributed by atoms with Crippen LogP contribution >= 0.6 is 0 Å². The summed E-state index contributed by atoms with van der Waals surface area (Å²) >= 11 is 0. The van der Waals surface area contributed by atoms with Crippen LogP contribution in [-0.2, 0) is 20.8 Å². The highest BCUT2D eigenvalue weighted by molar-refractivity contribution is 5.91. The molecule has 31 heavy (non-hydrogen) atoms. The maximum absolute atomic E-state index is 13.1. The van der Waals surface area contributed by atoms with Gasteiger partial charge in [0, 0.05) is 25.5 Å². The van der Waals surface area contributed by atoms with Crippen molar-refractivity contribution in [3.8, 4) is 5.75 Å². The second-order valence-corrected chi connectivity index (χ2v) is 7.30. The molecule has 1 amide bonds. The van der Waals surface area contributed by atoms with Crippen LogP contribution in [-0.4, -0.2) is 37.6 Å². The lowest BCUT2D eigenvalue weighted by Gasteiger charge is -2.29. The van der Waals surface area contributed by atoms with Crippen molar-refractivity contribution in [2.75, 3.05) is 20.3 Å². The van der Waals surface area contributed by atoms with Crippen molar-refractivity contribution in [3.05, 3.63) is 77.3 Å². The lowest BCUT2D eigenvalue weighted by Crippen LogP contribution is -2.32. The number of amides is 1. The second kappa shape index (κ2) is 11.5. The molecule has 0 spiro atoms. The summed E-state index contributed by atoms with van der Waals surface area (Å²) in [6.07, 6.45) is 3.16. The van der Waals surface area contributed by atoms with Crippen LogP contribution in [0.25, 0.3) is 0 Å². The summed E-state index contributed by atoms with van der Waals surface area (Å²) in [6, 6.07) is 13.6. The fourth-order valence-electron chi connectivity index (χ4n) is 3.30. The first kappa shape index (κ1) is 22.8. The molecular weight excluding hydrogens is 401 g/mol. The lowest BCUT2D eigenvalue weighted by molar-refractivity contribution is -0.146. The van der Waals surface area contributed by atoms with E-state index in [2.05, 4.69) is 5.32 Å². The van der Waals surface area contributed by atoms with Gasteiger partial charge in [-0.25, -0.2) is 4.39 Å². The molecule has 0 saturated heterocycles. The summed E-state index contributed by atoms with van der Waals surface area (Å²) in [4.78, 5) is 12.8. The van der Waals surface area contributed by atoms with Crippen molar-refractivity contribution in [3.63, 3.8) is 0 Å². The molecule has 166 valence electrons. The van der Waals surface area contributed by atoms with Gasteiger partial charge in [-0.05, 0) is 54.3 Å². The lowest BCUT2D eigenvalue weighted by atomic mass is 9.93. The molecule has 2 atom stereocenters. The summed E-state index contributed by atoms with van der Waals surface area (Å²) in [6.45, 7) is 0.806. The molecule has 0 unspecified atom stereocenters. The van der Waals surface area contributed by atoms with Crippen LogP contribution in [0.15, 0.2) is 60.4 Å². The largest absolute Gasteiger partial charge is 0.497 e. The van der Waals surface area contributed by atoms with Gasteiger partial charge in [0.05, 0.1) is 13.7 Å². The van der Waals surface area contributed by atoms with E-state index >= 15 is 0 Å².